The van der Waals surface area contributed by atoms with Gasteiger partial charge < -0.3 is 4.57 Å². The molecule has 0 atom stereocenters. The van der Waals surface area contributed by atoms with E-state index in [1.165, 1.54) is 14.8 Å². The van der Waals surface area contributed by atoms with Crippen molar-refractivity contribution in [1.29, 1.82) is 0 Å². The summed E-state index contributed by atoms with van der Waals surface area (Å²) in [5.74, 6) is 1.87. The Bertz CT molecular complexity index is 3240. The van der Waals surface area contributed by atoms with Gasteiger partial charge in [-0.1, -0.05) is 158 Å². The van der Waals surface area contributed by atoms with Crippen LogP contribution in [-0.2, 0) is 0 Å². The Hall–Kier alpha value is -7.28. The third-order valence-electron chi connectivity index (χ3n) is 10.4. The molecule has 0 amide bonds. The minimum Gasteiger partial charge on any atom is -0.308 e. The molecule has 4 aromatic heterocycles. The number of pyridine rings is 1. The summed E-state index contributed by atoms with van der Waals surface area (Å²) in [4.78, 5) is 20.7. The molecule has 262 valence electrons. The van der Waals surface area contributed by atoms with Gasteiger partial charge in [-0.3, -0.25) is 0 Å². The molecule has 0 saturated heterocycles. The predicted octanol–water partition coefficient (Wildman–Crippen LogP) is 13.1. The highest BCUT2D eigenvalue weighted by molar-refractivity contribution is 7.27. The molecule has 0 saturated carbocycles. The van der Waals surface area contributed by atoms with Crippen LogP contribution >= 0.6 is 11.3 Å². The van der Waals surface area contributed by atoms with Crippen molar-refractivity contribution in [3.05, 3.63) is 188 Å². The van der Waals surface area contributed by atoms with E-state index in [2.05, 4.69) is 156 Å². The zero-order valence-electron chi connectivity index (χ0n) is 30.0. The zero-order valence-corrected chi connectivity index (χ0v) is 30.9. The summed E-state index contributed by atoms with van der Waals surface area (Å²) >= 11 is 1.85. The maximum atomic E-state index is 5.33. The van der Waals surface area contributed by atoms with Crippen LogP contribution in [0.1, 0.15) is 0 Å². The van der Waals surface area contributed by atoms with Crippen LogP contribution < -0.4 is 0 Å². The van der Waals surface area contributed by atoms with Gasteiger partial charge in [-0.15, -0.1) is 11.3 Å². The van der Waals surface area contributed by atoms with Gasteiger partial charge in [-0.25, -0.2) is 19.9 Å². The van der Waals surface area contributed by atoms with Gasteiger partial charge in [0.15, 0.2) is 17.5 Å². The second kappa shape index (κ2) is 13.2. The summed E-state index contributed by atoms with van der Waals surface area (Å²) in [7, 11) is 0. The lowest BCUT2D eigenvalue weighted by atomic mass is 10.0. The molecule has 0 fully saturated rings. The molecule has 11 aromatic rings. The third-order valence-corrected chi connectivity index (χ3v) is 11.7. The summed E-state index contributed by atoms with van der Waals surface area (Å²) < 4.78 is 4.88. The first-order valence-corrected chi connectivity index (χ1v) is 19.5. The van der Waals surface area contributed by atoms with E-state index in [0.29, 0.717) is 17.5 Å². The van der Waals surface area contributed by atoms with E-state index in [4.69, 9.17) is 19.9 Å². The summed E-state index contributed by atoms with van der Waals surface area (Å²) in [5.41, 5.74) is 11.4. The molecule has 0 aliphatic rings. The first-order valence-electron chi connectivity index (χ1n) is 18.6. The summed E-state index contributed by atoms with van der Waals surface area (Å²) in [6, 6.07) is 65.3. The SMILES string of the molecule is c1ccc(-c2cccc(-c3nc(-c4ccccc4)nc(-c4cccc(-n5c6ccccc6c6sc7c8ccccc8nc(-c8ccccc8)c7c65)c4)n3)c2)cc1. The van der Waals surface area contributed by atoms with Crippen molar-refractivity contribution in [3.8, 4) is 62.2 Å². The molecule has 0 radical (unpaired) electrons. The number of fused-ring (bicyclic) bond motifs is 7. The maximum absolute atomic E-state index is 5.33. The van der Waals surface area contributed by atoms with Crippen molar-refractivity contribution in [3.63, 3.8) is 0 Å². The van der Waals surface area contributed by atoms with Gasteiger partial charge in [-0.05, 0) is 41.5 Å². The van der Waals surface area contributed by atoms with Gasteiger partial charge >= 0.3 is 0 Å². The molecule has 7 aromatic carbocycles. The maximum Gasteiger partial charge on any atom is 0.164 e. The largest absolute Gasteiger partial charge is 0.308 e. The molecule has 0 aliphatic heterocycles. The molecule has 6 heteroatoms. The monoisotopic (exact) mass is 733 g/mol. The molecular weight excluding hydrogens is 703 g/mol. The van der Waals surface area contributed by atoms with E-state index in [1.54, 1.807) is 0 Å². The van der Waals surface area contributed by atoms with Crippen molar-refractivity contribution in [2.75, 3.05) is 0 Å². The van der Waals surface area contributed by atoms with E-state index in [1.807, 2.05) is 47.7 Å². The molecule has 0 bridgehead atoms. The fraction of sp³-hybridized carbons (Fsp3) is 0. The summed E-state index contributed by atoms with van der Waals surface area (Å²) in [6.45, 7) is 0. The second-order valence-corrected chi connectivity index (χ2v) is 14.9. The minimum atomic E-state index is 0.612. The van der Waals surface area contributed by atoms with Crippen LogP contribution in [0.15, 0.2) is 188 Å². The highest BCUT2D eigenvalue weighted by Gasteiger charge is 2.23. The van der Waals surface area contributed by atoms with E-state index < -0.39 is 0 Å². The minimum absolute atomic E-state index is 0.612. The van der Waals surface area contributed by atoms with E-state index in [0.717, 1.165) is 72.1 Å². The van der Waals surface area contributed by atoms with Crippen LogP contribution in [0.25, 0.3) is 104 Å². The van der Waals surface area contributed by atoms with E-state index in [-0.39, 0.29) is 0 Å². The Labute approximate surface area is 326 Å². The summed E-state index contributed by atoms with van der Waals surface area (Å²) in [5, 5.41) is 3.53. The van der Waals surface area contributed by atoms with Gasteiger partial charge in [0.1, 0.15) is 0 Å². The number of thiophene rings is 1. The molecule has 0 spiro atoms. The highest BCUT2D eigenvalue weighted by atomic mass is 32.1. The van der Waals surface area contributed by atoms with E-state index in [9.17, 15) is 0 Å². The standard InChI is InChI=1S/C50H31N5S/c1-4-16-32(17-5-1)35-22-14-23-36(30-35)49-52-48(34-20-8-3-9-21-34)53-50(54-49)37-24-15-25-38(31-37)55-42-29-13-11-27-40(42)47-45(55)43-44(33-18-6-2-7-19-33)51-41-28-12-10-26-39(41)46(43)56-47/h1-31H. The Morgan fingerprint density at radius 3 is 1.64 bits per heavy atom. The number of hydrogen-bond acceptors (Lipinski definition) is 5. The zero-order chi connectivity index (χ0) is 37.0. The van der Waals surface area contributed by atoms with Gasteiger partial charge in [0.05, 0.1) is 26.9 Å². The van der Waals surface area contributed by atoms with Crippen LogP contribution in [0.3, 0.4) is 0 Å². The molecule has 0 unspecified atom stereocenters. The molecule has 56 heavy (non-hydrogen) atoms. The van der Waals surface area contributed by atoms with Crippen molar-refractivity contribution < 1.29 is 0 Å². The Kier molecular flexibility index (Phi) is 7.60. The smallest absolute Gasteiger partial charge is 0.164 e. The number of nitrogens with zero attached hydrogens (tertiary/aromatic N) is 5. The first-order chi connectivity index (χ1) is 27.8. The van der Waals surface area contributed by atoms with Gasteiger partial charge in [0.2, 0.25) is 0 Å². The lowest BCUT2D eigenvalue weighted by Crippen LogP contribution is -2.01. The third kappa shape index (κ3) is 5.38. The lowest BCUT2D eigenvalue weighted by molar-refractivity contribution is 1.07. The van der Waals surface area contributed by atoms with Crippen LogP contribution in [0.5, 0.6) is 0 Å². The summed E-state index contributed by atoms with van der Waals surface area (Å²) in [6.07, 6.45) is 0. The lowest BCUT2D eigenvalue weighted by Gasteiger charge is -2.13. The van der Waals surface area contributed by atoms with Crippen LogP contribution in [-0.4, -0.2) is 24.5 Å². The molecule has 11 rings (SSSR count). The number of aromatic nitrogens is 5. The molecule has 4 heterocycles. The number of hydrogen-bond donors (Lipinski definition) is 0. The van der Waals surface area contributed by atoms with Gasteiger partial charge in [0.25, 0.3) is 0 Å². The van der Waals surface area contributed by atoms with Crippen molar-refractivity contribution in [2.45, 2.75) is 0 Å². The van der Waals surface area contributed by atoms with Crippen LogP contribution in [0.2, 0.25) is 0 Å². The fourth-order valence-electron chi connectivity index (χ4n) is 7.82. The Morgan fingerprint density at radius 2 is 0.911 bits per heavy atom. The predicted molar refractivity (Wildman–Crippen MR) is 232 cm³/mol. The molecular formula is C50H31N5S. The molecule has 0 aliphatic carbocycles. The average Bonchev–Trinajstić information content (AvgIpc) is 3.82. The molecule has 5 nitrogen and oxygen atoms in total. The van der Waals surface area contributed by atoms with E-state index >= 15 is 0 Å². The topological polar surface area (TPSA) is 56.5 Å². The fourth-order valence-corrected chi connectivity index (χ4v) is 9.18. The van der Waals surface area contributed by atoms with Crippen molar-refractivity contribution >= 4 is 53.4 Å². The highest BCUT2D eigenvalue weighted by Crippen LogP contribution is 2.47. The Morgan fingerprint density at radius 1 is 0.375 bits per heavy atom. The van der Waals surface area contributed by atoms with Crippen molar-refractivity contribution in [2.24, 2.45) is 0 Å². The average molecular weight is 734 g/mol. The molecule has 0 N–H and O–H groups in total. The van der Waals surface area contributed by atoms with Gasteiger partial charge in [0, 0.05) is 48.8 Å². The van der Waals surface area contributed by atoms with Gasteiger partial charge in [-0.2, -0.15) is 0 Å². The Balaban J connectivity index is 1.15. The van der Waals surface area contributed by atoms with Crippen LogP contribution in [0.4, 0.5) is 0 Å². The first kappa shape index (κ1) is 32.2. The number of para-hydroxylation sites is 2. The second-order valence-electron chi connectivity index (χ2n) is 13.8. The number of rotatable bonds is 6. The number of benzene rings is 7. The quantitative estimate of drug-likeness (QED) is 0.171. The van der Waals surface area contributed by atoms with Crippen molar-refractivity contribution in [1.82, 2.24) is 24.5 Å². The normalized spacial score (nSPS) is 11.6. The van der Waals surface area contributed by atoms with Crippen LogP contribution in [0, 0.1) is 0 Å².